The van der Waals surface area contributed by atoms with Crippen LogP contribution in [-0.2, 0) is 14.3 Å². The summed E-state index contributed by atoms with van der Waals surface area (Å²) in [6, 6.07) is 5.74. The number of carbonyl (C=O) groups is 2. The van der Waals surface area contributed by atoms with Gasteiger partial charge in [-0.1, -0.05) is 18.2 Å². The van der Waals surface area contributed by atoms with Gasteiger partial charge in [-0.2, -0.15) is 0 Å². The highest BCUT2D eigenvalue weighted by molar-refractivity contribution is 5.96. The fraction of sp³-hybridized carbons (Fsp3) is 0.375. The lowest BCUT2D eigenvalue weighted by Gasteiger charge is -2.21. The van der Waals surface area contributed by atoms with E-state index < -0.39 is 30.0 Å². The fourth-order valence-electron chi connectivity index (χ4n) is 3.19. The van der Waals surface area contributed by atoms with Crippen LogP contribution in [0, 0.1) is 25.7 Å². The molecule has 0 aliphatic carbocycles. The summed E-state index contributed by atoms with van der Waals surface area (Å²) in [5.41, 5.74) is 2.78. The minimum atomic E-state index is -0.993. The van der Waals surface area contributed by atoms with Gasteiger partial charge in [-0.05, 0) is 37.1 Å². The molecule has 0 saturated carbocycles. The predicted octanol–water partition coefficient (Wildman–Crippen LogP) is 1.90. The van der Waals surface area contributed by atoms with Crippen molar-refractivity contribution in [3.63, 3.8) is 0 Å². The Morgan fingerprint density at radius 1 is 1.05 bits per heavy atom. The largest absolute Gasteiger partial charge is 0.481 e. The van der Waals surface area contributed by atoms with E-state index in [4.69, 9.17) is 4.74 Å². The Morgan fingerprint density at radius 2 is 1.62 bits per heavy atom. The molecular formula is C16H17NO4. The van der Waals surface area contributed by atoms with Crippen LogP contribution in [0.25, 0.3) is 0 Å². The first-order valence-corrected chi connectivity index (χ1v) is 6.91. The minimum Gasteiger partial charge on any atom is -0.481 e. The highest BCUT2D eigenvalue weighted by Crippen LogP contribution is 2.39. The number of carboxylic acids is 1. The third-order valence-electron chi connectivity index (χ3n) is 3.98. The summed E-state index contributed by atoms with van der Waals surface area (Å²) in [6.07, 6.45) is 2.56. The molecule has 1 amide bonds. The summed E-state index contributed by atoms with van der Waals surface area (Å²) in [6.45, 7) is 3.90. The molecule has 110 valence electrons. The number of anilines is 1. The Bertz CT molecular complexity index is 617. The molecule has 21 heavy (non-hydrogen) atoms. The van der Waals surface area contributed by atoms with Crippen LogP contribution < -0.4 is 5.32 Å². The number of hydrogen-bond donors (Lipinski definition) is 2. The zero-order valence-electron chi connectivity index (χ0n) is 11.9. The summed E-state index contributed by atoms with van der Waals surface area (Å²) in [5, 5.41) is 12.1. The summed E-state index contributed by atoms with van der Waals surface area (Å²) < 4.78 is 5.51. The molecule has 5 nitrogen and oxygen atoms in total. The van der Waals surface area contributed by atoms with Crippen molar-refractivity contribution in [3.05, 3.63) is 41.5 Å². The Labute approximate surface area is 122 Å². The van der Waals surface area contributed by atoms with Gasteiger partial charge in [0.25, 0.3) is 0 Å². The fourth-order valence-corrected chi connectivity index (χ4v) is 3.19. The van der Waals surface area contributed by atoms with Crippen LogP contribution in [0.4, 0.5) is 5.69 Å². The number of aryl methyl sites for hydroxylation is 2. The van der Waals surface area contributed by atoms with Crippen LogP contribution in [0.3, 0.4) is 0 Å². The van der Waals surface area contributed by atoms with Gasteiger partial charge in [0.15, 0.2) is 0 Å². The molecule has 1 aromatic carbocycles. The number of fused-ring (bicyclic) bond motifs is 2. The first kappa shape index (κ1) is 13.8. The number of hydrogen-bond acceptors (Lipinski definition) is 3. The second-order valence-corrected chi connectivity index (χ2v) is 5.71. The number of benzene rings is 1. The van der Waals surface area contributed by atoms with E-state index in [1.165, 1.54) is 0 Å². The zero-order valence-corrected chi connectivity index (χ0v) is 11.9. The van der Waals surface area contributed by atoms with Crippen LogP contribution in [-0.4, -0.2) is 29.2 Å². The number of aliphatic carboxylic acids is 1. The third kappa shape index (κ3) is 2.45. The maximum absolute atomic E-state index is 12.5. The number of ether oxygens (including phenoxy) is 1. The van der Waals surface area contributed by atoms with E-state index in [0.717, 1.165) is 11.1 Å². The first-order valence-electron chi connectivity index (χ1n) is 6.91. The molecule has 2 heterocycles. The lowest BCUT2D eigenvalue weighted by atomic mass is 9.82. The molecule has 3 rings (SSSR count). The number of carbonyl (C=O) groups excluding carboxylic acids is 1. The molecule has 5 heteroatoms. The van der Waals surface area contributed by atoms with Gasteiger partial charge < -0.3 is 15.2 Å². The highest BCUT2D eigenvalue weighted by Gasteiger charge is 2.53. The van der Waals surface area contributed by atoms with Crippen molar-refractivity contribution in [2.24, 2.45) is 11.8 Å². The van der Waals surface area contributed by atoms with Crippen molar-refractivity contribution < 1.29 is 19.4 Å². The van der Waals surface area contributed by atoms with E-state index in [-0.39, 0.29) is 5.91 Å². The second-order valence-electron chi connectivity index (χ2n) is 5.71. The monoisotopic (exact) mass is 287 g/mol. The summed E-state index contributed by atoms with van der Waals surface area (Å²) in [5.74, 6) is -2.79. The van der Waals surface area contributed by atoms with Crippen LogP contribution >= 0.6 is 0 Å². The lowest BCUT2D eigenvalue weighted by molar-refractivity contribution is -0.145. The van der Waals surface area contributed by atoms with E-state index in [0.29, 0.717) is 5.69 Å². The first-order chi connectivity index (χ1) is 9.95. The van der Waals surface area contributed by atoms with Gasteiger partial charge in [0.2, 0.25) is 5.91 Å². The Morgan fingerprint density at radius 3 is 2.19 bits per heavy atom. The van der Waals surface area contributed by atoms with Gasteiger partial charge >= 0.3 is 5.97 Å². The minimum absolute atomic E-state index is 0.302. The third-order valence-corrected chi connectivity index (χ3v) is 3.98. The van der Waals surface area contributed by atoms with Crippen molar-refractivity contribution in [1.29, 1.82) is 0 Å². The maximum Gasteiger partial charge on any atom is 0.310 e. The van der Waals surface area contributed by atoms with E-state index in [2.05, 4.69) is 5.32 Å². The van der Waals surface area contributed by atoms with Gasteiger partial charge in [-0.15, -0.1) is 0 Å². The topological polar surface area (TPSA) is 75.6 Å². The van der Waals surface area contributed by atoms with Crippen molar-refractivity contribution >= 4 is 17.6 Å². The SMILES string of the molecule is Cc1cc(C)cc(NC(=O)[C@H]2[C@H](C(=O)O)[C@H]3C=C[C@H]2O3)c1. The van der Waals surface area contributed by atoms with Crippen LogP contribution in [0.15, 0.2) is 30.4 Å². The standard InChI is InChI=1S/C16H17NO4/c1-8-5-9(2)7-10(6-8)17-15(18)13-11-3-4-12(21-11)14(13)16(19)20/h3-7,11-14H,1-2H3,(H,17,18)(H,19,20)/t11-,12-,13-,14-/m1/s1. The van der Waals surface area contributed by atoms with Crippen molar-refractivity contribution in [1.82, 2.24) is 0 Å². The van der Waals surface area contributed by atoms with Gasteiger partial charge in [-0.25, -0.2) is 0 Å². The predicted molar refractivity (Wildman–Crippen MR) is 77.0 cm³/mol. The quantitative estimate of drug-likeness (QED) is 0.833. The van der Waals surface area contributed by atoms with E-state index in [1.807, 2.05) is 32.0 Å². The zero-order chi connectivity index (χ0) is 15.1. The molecular weight excluding hydrogens is 270 g/mol. The average molecular weight is 287 g/mol. The Balaban J connectivity index is 1.82. The van der Waals surface area contributed by atoms with Gasteiger partial charge in [0.1, 0.15) is 5.92 Å². The molecule has 2 aliphatic rings. The number of nitrogens with one attached hydrogen (secondary N) is 1. The van der Waals surface area contributed by atoms with E-state index >= 15 is 0 Å². The average Bonchev–Trinajstić information content (AvgIpc) is 2.96. The van der Waals surface area contributed by atoms with Crippen molar-refractivity contribution in [3.8, 4) is 0 Å². The molecule has 0 unspecified atom stereocenters. The van der Waals surface area contributed by atoms with Crippen LogP contribution in [0.5, 0.6) is 0 Å². The van der Waals surface area contributed by atoms with Crippen molar-refractivity contribution in [2.45, 2.75) is 26.1 Å². The molecule has 0 aromatic heterocycles. The molecule has 1 aromatic rings. The lowest BCUT2D eigenvalue weighted by Crippen LogP contribution is -2.39. The number of rotatable bonds is 3. The molecule has 1 saturated heterocycles. The molecule has 2 aliphatic heterocycles. The summed E-state index contributed by atoms with van der Waals surface area (Å²) in [7, 11) is 0. The van der Waals surface area contributed by atoms with Crippen LogP contribution in [0.1, 0.15) is 11.1 Å². The summed E-state index contributed by atoms with van der Waals surface area (Å²) in [4.78, 5) is 23.8. The van der Waals surface area contributed by atoms with Gasteiger partial charge in [0.05, 0.1) is 18.1 Å². The Kier molecular flexibility index (Phi) is 3.29. The molecule has 0 spiro atoms. The molecule has 0 radical (unpaired) electrons. The van der Waals surface area contributed by atoms with Gasteiger partial charge in [-0.3, -0.25) is 9.59 Å². The van der Waals surface area contributed by atoms with Crippen LogP contribution in [0.2, 0.25) is 0 Å². The highest BCUT2D eigenvalue weighted by atomic mass is 16.5. The van der Waals surface area contributed by atoms with Crippen molar-refractivity contribution in [2.75, 3.05) is 5.32 Å². The molecule has 4 atom stereocenters. The Hall–Kier alpha value is -2.14. The molecule has 2 N–H and O–H groups in total. The van der Waals surface area contributed by atoms with Gasteiger partial charge in [0, 0.05) is 5.69 Å². The smallest absolute Gasteiger partial charge is 0.310 e. The molecule has 2 bridgehead atoms. The maximum atomic E-state index is 12.5. The van der Waals surface area contributed by atoms with E-state index in [9.17, 15) is 14.7 Å². The van der Waals surface area contributed by atoms with E-state index in [1.54, 1.807) is 12.2 Å². The molecule has 1 fully saturated rings. The summed E-state index contributed by atoms with van der Waals surface area (Å²) >= 11 is 0. The second kappa shape index (κ2) is 5.00. The number of carboxylic acid groups (broad SMARTS) is 1. The number of amides is 1. The normalized spacial score (nSPS) is 29.6.